The van der Waals surface area contributed by atoms with Crippen molar-refractivity contribution < 1.29 is 14.7 Å². The van der Waals surface area contributed by atoms with Crippen molar-refractivity contribution in [2.75, 3.05) is 6.54 Å². The number of hydrogen-bond donors (Lipinski definition) is 2. The van der Waals surface area contributed by atoms with E-state index < -0.39 is 5.97 Å². The summed E-state index contributed by atoms with van der Waals surface area (Å²) in [6.45, 7) is 1.64. The van der Waals surface area contributed by atoms with Crippen LogP contribution in [0.1, 0.15) is 53.6 Å². The van der Waals surface area contributed by atoms with Gasteiger partial charge in [0.2, 0.25) is 5.91 Å². The van der Waals surface area contributed by atoms with Gasteiger partial charge in [-0.25, -0.2) is 4.79 Å². The second-order valence-corrected chi connectivity index (χ2v) is 8.50. The van der Waals surface area contributed by atoms with Gasteiger partial charge < -0.3 is 10.4 Å². The Hall–Kier alpha value is -1.77. The van der Waals surface area contributed by atoms with Gasteiger partial charge in [-0.05, 0) is 67.6 Å². The van der Waals surface area contributed by atoms with Crippen LogP contribution < -0.4 is 5.32 Å². The molecule has 1 amide bonds. The number of carbonyl (C=O) groups excluding carboxylic acids is 1. The van der Waals surface area contributed by atoms with E-state index in [1.807, 2.05) is 36.4 Å². The molecule has 154 valence electrons. The zero-order chi connectivity index (χ0) is 20.4. The van der Waals surface area contributed by atoms with Gasteiger partial charge in [0.25, 0.3) is 0 Å². The fourth-order valence-corrected chi connectivity index (χ4v) is 4.29. The number of halogens is 1. The third-order valence-electron chi connectivity index (χ3n) is 6.01. The number of nitrogens with one attached hydrogen (secondary N) is 1. The van der Waals surface area contributed by atoms with Crippen LogP contribution in [0, 0.1) is 0 Å². The van der Waals surface area contributed by atoms with E-state index in [1.165, 1.54) is 0 Å². The topological polar surface area (TPSA) is 69.6 Å². The third-order valence-corrected chi connectivity index (χ3v) is 6.26. The summed E-state index contributed by atoms with van der Waals surface area (Å²) < 4.78 is 0. The van der Waals surface area contributed by atoms with Gasteiger partial charge in [0.1, 0.15) is 0 Å². The molecule has 1 aliphatic heterocycles. The number of piperidine rings is 1. The number of carbonyl (C=O) groups is 2. The van der Waals surface area contributed by atoms with Gasteiger partial charge in [-0.3, -0.25) is 9.69 Å². The Kier molecular flexibility index (Phi) is 7.31. The Morgan fingerprint density at radius 3 is 2.33 bits per heavy atom. The molecule has 7 heteroatoms. The molecule has 2 aromatic carbocycles. The number of aromatic carboxylic acids is 1. The molecule has 0 spiro atoms. The van der Waals surface area contributed by atoms with Gasteiger partial charge in [0, 0.05) is 11.6 Å². The average Bonchev–Trinajstić information content (AvgIpc) is 3.51. The van der Waals surface area contributed by atoms with Gasteiger partial charge in [-0.2, -0.15) is 0 Å². The van der Waals surface area contributed by atoms with Crippen molar-refractivity contribution in [3.05, 3.63) is 70.2 Å². The fourth-order valence-electron chi connectivity index (χ4n) is 4.16. The van der Waals surface area contributed by atoms with Crippen molar-refractivity contribution in [1.82, 2.24) is 10.2 Å². The Labute approximate surface area is 194 Å². The van der Waals surface area contributed by atoms with Crippen LogP contribution in [0.4, 0.5) is 0 Å². The number of benzene rings is 2. The monoisotopic (exact) mass is 420 g/mol. The molecule has 2 N–H and O–H groups in total. The van der Waals surface area contributed by atoms with E-state index in [4.69, 9.17) is 16.7 Å². The first-order valence-corrected chi connectivity index (χ1v) is 10.5. The summed E-state index contributed by atoms with van der Waals surface area (Å²) >= 11 is 5.99. The molecule has 2 fully saturated rings. The summed E-state index contributed by atoms with van der Waals surface area (Å²) in [6, 6.07) is 14.5. The summed E-state index contributed by atoms with van der Waals surface area (Å²) in [5.41, 5.74) is 2.05. The Morgan fingerprint density at radius 1 is 1.07 bits per heavy atom. The van der Waals surface area contributed by atoms with E-state index in [0.717, 1.165) is 56.3 Å². The second kappa shape index (κ2) is 9.57. The zero-order valence-electron chi connectivity index (χ0n) is 16.2. The SMILES string of the molecule is O=C(O)c1ccc(C2(NC(=O)C3CCCCN3Cc3ccc(Cl)cc3)CC2)cc1.[LiH]. The average molecular weight is 421 g/mol. The van der Waals surface area contributed by atoms with E-state index >= 15 is 0 Å². The third kappa shape index (κ3) is 5.10. The number of rotatable bonds is 6. The van der Waals surface area contributed by atoms with Crippen molar-refractivity contribution in [3.8, 4) is 0 Å². The number of hydrogen-bond acceptors (Lipinski definition) is 3. The van der Waals surface area contributed by atoms with Crippen LogP contribution in [0.3, 0.4) is 0 Å². The van der Waals surface area contributed by atoms with Crippen LogP contribution in [0.25, 0.3) is 0 Å². The number of likely N-dealkylation sites (tertiary alicyclic amines) is 1. The summed E-state index contributed by atoms with van der Waals surface area (Å²) in [4.78, 5) is 26.5. The predicted octanol–water partition coefficient (Wildman–Crippen LogP) is 3.55. The van der Waals surface area contributed by atoms with E-state index in [1.54, 1.807) is 12.1 Å². The number of carboxylic acids is 1. The van der Waals surface area contributed by atoms with E-state index in [-0.39, 0.29) is 41.9 Å². The van der Waals surface area contributed by atoms with Crippen LogP contribution in [-0.2, 0) is 16.9 Å². The molecule has 1 saturated carbocycles. The first-order valence-electron chi connectivity index (χ1n) is 10.1. The molecule has 1 unspecified atom stereocenters. The summed E-state index contributed by atoms with van der Waals surface area (Å²) in [5, 5.41) is 13.1. The molecule has 1 heterocycles. The van der Waals surface area contributed by atoms with Gasteiger partial charge in [0.05, 0.1) is 17.1 Å². The standard InChI is InChI=1S/C23H25ClN2O3.Li.H/c24-19-10-4-16(5-11-19)15-26-14-2-1-3-20(26)21(27)25-23(12-13-23)18-8-6-17(7-9-18)22(28)29;;/h4-11,20H,1-3,12-15H2,(H,25,27)(H,28,29);;. The van der Waals surface area contributed by atoms with Crippen LogP contribution >= 0.6 is 11.6 Å². The van der Waals surface area contributed by atoms with Gasteiger partial charge in [0.15, 0.2) is 0 Å². The fraction of sp³-hybridized carbons (Fsp3) is 0.391. The van der Waals surface area contributed by atoms with Gasteiger partial charge >= 0.3 is 24.8 Å². The van der Waals surface area contributed by atoms with E-state index in [9.17, 15) is 9.59 Å². The molecule has 2 aliphatic rings. The van der Waals surface area contributed by atoms with Crippen molar-refractivity contribution >= 4 is 42.3 Å². The first kappa shape index (κ1) is 22.9. The molecule has 4 rings (SSSR count). The minimum absolute atomic E-state index is 0. The van der Waals surface area contributed by atoms with Crippen LogP contribution in [0.5, 0.6) is 0 Å². The van der Waals surface area contributed by atoms with Gasteiger partial charge in [-0.1, -0.05) is 42.3 Å². The molecule has 0 aromatic heterocycles. The number of amides is 1. The Morgan fingerprint density at radius 2 is 1.73 bits per heavy atom. The van der Waals surface area contributed by atoms with Crippen LogP contribution in [0.2, 0.25) is 5.02 Å². The summed E-state index contributed by atoms with van der Waals surface area (Å²) in [6.07, 6.45) is 4.77. The molecule has 0 radical (unpaired) electrons. The minimum atomic E-state index is -0.939. The Balaban J connectivity index is 0.00000256. The molecule has 2 aromatic rings. The van der Waals surface area contributed by atoms with E-state index in [0.29, 0.717) is 5.02 Å². The molecule has 5 nitrogen and oxygen atoms in total. The predicted molar refractivity (Wildman–Crippen MR) is 119 cm³/mol. The normalized spacial score (nSPS) is 20.1. The molecule has 0 bridgehead atoms. The van der Waals surface area contributed by atoms with Crippen molar-refractivity contribution in [2.45, 2.75) is 50.2 Å². The second-order valence-electron chi connectivity index (χ2n) is 8.06. The van der Waals surface area contributed by atoms with Gasteiger partial charge in [-0.15, -0.1) is 0 Å². The molecular formula is C23H26ClLiN2O3. The first-order chi connectivity index (χ1) is 14.0. The van der Waals surface area contributed by atoms with Crippen molar-refractivity contribution in [2.24, 2.45) is 0 Å². The summed E-state index contributed by atoms with van der Waals surface area (Å²) in [5.74, 6) is -0.871. The van der Waals surface area contributed by atoms with Crippen LogP contribution in [0.15, 0.2) is 48.5 Å². The molecule has 1 atom stereocenters. The zero-order valence-corrected chi connectivity index (χ0v) is 17.0. The molecule has 1 aliphatic carbocycles. The van der Waals surface area contributed by atoms with Crippen molar-refractivity contribution in [3.63, 3.8) is 0 Å². The maximum atomic E-state index is 13.2. The van der Waals surface area contributed by atoms with E-state index in [2.05, 4.69) is 10.2 Å². The maximum absolute atomic E-state index is 13.2. The number of nitrogens with zero attached hydrogens (tertiary/aromatic N) is 1. The summed E-state index contributed by atoms with van der Waals surface area (Å²) in [7, 11) is 0. The quantitative estimate of drug-likeness (QED) is 0.701. The molecular weight excluding hydrogens is 395 g/mol. The Bertz CT molecular complexity index is 898. The van der Waals surface area contributed by atoms with Crippen LogP contribution in [-0.4, -0.2) is 53.3 Å². The molecule has 1 saturated heterocycles. The molecule has 30 heavy (non-hydrogen) atoms. The van der Waals surface area contributed by atoms with Crippen molar-refractivity contribution in [1.29, 1.82) is 0 Å². The number of carboxylic acid groups (broad SMARTS) is 1.